The second-order valence-electron chi connectivity index (χ2n) is 4.69. The minimum Gasteiger partial charge on any atom is -0.466 e. The van der Waals surface area contributed by atoms with Gasteiger partial charge >= 0.3 is 12.1 Å². The third-order valence-corrected chi connectivity index (χ3v) is 3.29. The maximum absolute atomic E-state index is 12.2. The molecule has 2 atom stereocenters. The van der Waals surface area contributed by atoms with E-state index in [1.165, 1.54) is 4.90 Å². The van der Waals surface area contributed by atoms with Crippen LogP contribution in [0.15, 0.2) is 30.3 Å². The normalized spacial score (nSPS) is 13.1. The number of esters is 1. The van der Waals surface area contributed by atoms with Gasteiger partial charge in [0.2, 0.25) is 0 Å². The van der Waals surface area contributed by atoms with Crippen LogP contribution in [0.25, 0.3) is 0 Å². The smallest absolute Gasteiger partial charge is 0.414 e. The molecular weight excluding hydrogens is 270 g/mol. The van der Waals surface area contributed by atoms with Crippen molar-refractivity contribution < 1.29 is 19.1 Å². The number of nitrogens with zero attached hydrogens (tertiary/aromatic N) is 1. The van der Waals surface area contributed by atoms with Crippen molar-refractivity contribution in [3.8, 4) is 0 Å². The third kappa shape index (κ3) is 4.48. The molecule has 116 valence electrons. The number of hydrogen-bond donors (Lipinski definition) is 0. The molecule has 5 nitrogen and oxygen atoms in total. The van der Waals surface area contributed by atoms with Crippen molar-refractivity contribution in [1.29, 1.82) is 0 Å². The van der Waals surface area contributed by atoms with E-state index in [0.29, 0.717) is 12.3 Å². The fourth-order valence-corrected chi connectivity index (χ4v) is 1.98. The van der Waals surface area contributed by atoms with Gasteiger partial charge in [0, 0.05) is 5.69 Å². The van der Waals surface area contributed by atoms with Crippen molar-refractivity contribution in [1.82, 2.24) is 0 Å². The fourth-order valence-electron chi connectivity index (χ4n) is 1.98. The average molecular weight is 293 g/mol. The highest BCUT2D eigenvalue weighted by Gasteiger charge is 2.31. The molecule has 0 N–H and O–H groups in total. The van der Waals surface area contributed by atoms with Crippen LogP contribution in [0.2, 0.25) is 0 Å². The van der Waals surface area contributed by atoms with Crippen molar-refractivity contribution in [2.75, 3.05) is 18.1 Å². The monoisotopic (exact) mass is 293 g/mol. The number of carbonyl (C=O) groups excluding carboxylic acids is 2. The van der Waals surface area contributed by atoms with Crippen LogP contribution in [0.3, 0.4) is 0 Å². The quantitative estimate of drug-likeness (QED) is 0.756. The summed E-state index contributed by atoms with van der Waals surface area (Å²) in [4.78, 5) is 25.6. The zero-order chi connectivity index (χ0) is 15.8. The maximum Gasteiger partial charge on any atom is 0.414 e. The molecule has 0 aliphatic rings. The Bertz CT molecular complexity index is 461. The summed E-state index contributed by atoms with van der Waals surface area (Å²) in [5.41, 5.74) is 0.694. The Morgan fingerprint density at radius 1 is 1.05 bits per heavy atom. The van der Waals surface area contributed by atoms with Gasteiger partial charge in [0.05, 0.1) is 25.2 Å². The van der Waals surface area contributed by atoms with E-state index in [2.05, 4.69) is 0 Å². The Kier molecular flexibility index (Phi) is 6.72. The molecule has 0 bridgehead atoms. The van der Waals surface area contributed by atoms with Gasteiger partial charge in [-0.25, -0.2) is 4.79 Å². The van der Waals surface area contributed by atoms with Crippen molar-refractivity contribution >= 4 is 17.7 Å². The van der Waals surface area contributed by atoms with Crippen LogP contribution in [0.4, 0.5) is 10.5 Å². The molecule has 2 unspecified atom stereocenters. The van der Waals surface area contributed by atoms with Crippen molar-refractivity contribution in [2.45, 2.75) is 33.7 Å². The lowest BCUT2D eigenvalue weighted by Gasteiger charge is -2.31. The molecule has 1 amide bonds. The number of amides is 1. The molecule has 0 fully saturated rings. The Morgan fingerprint density at radius 2 is 1.62 bits per heavy atom. The molecule has 0 radical (unpaired) electrons. The van der Waals surface area contributed by atoms with Crippen LogP contribution in [-0.4, -0.2) is 31.3 Å². The van der Waals surface area contributed by atoms with Crippen LogP contribution in [0.1, 0.15) is 27.7 Å². The molecule has 1 aromatic carbocycles. The molecule has 0 aromatic heterocycles. The SMILES string of the molecule is CCOC(=O)C(C)C(C)N(C(=O)OCC)c1ccccc1. The number of ether oxygens (including phenoxy) is 2. The first-order chi connectivity index (χ1) is 10.0. The maximum atomic E-state index is 12.2. The summed E-state index contributed by atoms with van der Waals surface area (Å²) in [7, 11) is 0. The van der Waals surface area contributed by atoms with Crippen LogP contribution in [0, 0.1) is 5.92 Å². The number of para-hydroxylation sites is 1. The van der Waals surface area contributed by atoms with Gasteiger partial charge < -0.3 is 9.47 Å². The first kappa shape index (κ1) is 17.0. The fraction of sp³-hybridized carbons (Fsp3) is 0.500. The highest BCUT2D eigenvalue weighted by molar-refractivity contribution is 5.89. The van der Waals surface area contributed by atoms with E-state index in [-0.39, 0.29) is 18.6 Å². The summed E-state index contributed by atoms with van der Waals surface area (Å²) in [5, 5.41) is 0. The van der Waals surface area contributed by atoms with Gasteiger partial charge in [0.15, 0.2) is 0 Å². The molecule has 1 aromatic rings. The van der Waals surface area contributed by atoms with Gasteiger partial charge in [0.25, 0.3) is 0 Å². The predicted octanol–water partition coefficient (Wildman–Crippen LogP) is 3.24. The number of hydrogen-bond acceptors (Lipinski definition) is 4. The lowest BCUT2D eigenvalue weighted by molar-refractivity contribution is -0.147. The second kappa shape index (κ2) is 8.29. The highest BCUT2D eigenvalue weighted by Crippen LogP contribution is 2.22. The van der Waals surface area contributed by atoms with Gasteiger partial charge in [-0.05, 0) is 39.8 Å². The molecule has 0 aliphatic heterocycles. The molecular formula is C16H23NO4. The van der Waals surface area contributed by atoms with Crippen LogP contribution < -0.4 is 4.90 Å². The molecule has 5 heteroatoms. The van der Waals surface area contributed by atoms with Crippen LogP contribution in [0.5, 0.6) is 0 Å². The topological polar surface area (TPSA) is 55.8 Å². The van der Waals surface area contributed by atoms with Crippen molar-refractivity contribution in [2.24, 2.45) is 5.92 Å². The molecule has 0 saturated heterocycles. The summed E-state index contributed by atoms with van der Waals surface area (Å²) in [6, 6.07) is 8.79. The van der Waals surface area contributed by atoms with Crippen LogP contribution in [-0.2, 0) is 14.3 Å². The van der Waals surface area contributed by atoms with Gasteiger partial charge in [-0.15, -0.1) is 0 Å². The number of carbonyl (C=O) groups is 2. The highest BCUT2D eigenvalue weighted by atomic mass is 16.6. The van der Waals surface area contributed by atoms with Gasteiger partial charge in [0.1, 0.15) is 0 Å². The Hall–Kier alpha value is -2.04. The van der Waals surface area contributed by atoms with E-state index in [4.69, 9.17) is 9.47 Å². The lowest BCUT2D eigenvalue weighted by atomic mass is 10.0. The second-order valence-corrected chi connectivity index (χ2v) is 4.69. The Balaban J connectivity index is 3.01. The molecule has 0 spiro atoms. The van der Waals surface area contributed by atoms with E-state index >= 15 is 0 Å². The third-order valence-electron chi connectivity index (χ3n) is 3.29. The van der Waals surface area contributed by atoms with E-state index in [9.17, 15) is 9.59 Å². The molecule has 0 saturated carbocycles. The van der Waals surface area contributed by atoms with E-state index < -0.39 is 12.0 Å². The summed E-state index contributed by atoms with van der Waals surface area (Å²) in [6.45, 7) is 7.67. The average Bonchev–Trinajstić information content (AvgIpc) is 2.48. The molecule has 1 rings (SSSR count). The van der Waals surface area contributed by atoms with Gasteiger partial charge in [-0.3, -0.25) is 9.69 Å². The standard InChI is InChI=1S/C16H23NO4/c1-5-20-15(18)12(3)13(4)17(16(19)21-6-2)14-10-8-7-9-11-14/h7-13H,5-6H2,1-4H3. The van der Waals surface area contributed by atoms with E-state index in [1.54, 1.807) is 20.8 Å². The summed E-state index contributed by atoms with van der Waals surface area (Å²) < 4.78 is 10.1. The summed E-state index contributed by atoms with van der Waals surface area (Å²) in [6.07, 6.45) is -0.465. The minimum atomic E-state index is -0.465. The van der Waals surface area contributed by atoms with Crippen molar-refractivity contribution in [3.05, 3.63) is 30.3 Å². The summed E-state index contributed by atoms with van der Waals surface area (Å²) >= 11 is 0. The van der Waals surface area contributed by atoms with Gasteiger partial charge in [-0.1, -0.05) is 18.2 Å². The molecule has 0 aliphatic carbocycles. The largest absolute Gasteiger partial charge is 0.466 e. The van der Waals surface area contributed by atoms with E-state index in [1.807, 2.05) is 37.3 Å². The summed E-state index contributed by atoms with van der Waals surface area (Å²) in [5.74, 6) is -0.773. The minimum absolute atomic E-state index is 0.280. The number of anilines is 1. The van der Waals surface area contributed by atoms with E-state index in [0.717, 1.165) is 0 Å². The molecule has 21 heavy (non-hydrogen) atoms. The lowest BCUT2D eigenvalue weighted by Crippen LogP contribution is -2.45. The first-order valence-corrected chi connectivity index (χ1v) is 7.20. The molecule has 0 heterocycles. The Morgan fingerprint density at radius 3 is 2.14 bits per heavy atom. The zero-order valence-electron chi connectivity index (χ0n) is 13.0. The number of benzene rings is 1. The van der Waals surface area contributed by atoms with Crippen molar-refractivity contribution in [3.63, 3.8) is 0 Å². The first-order valence-electron chi connectivity index (χ1n) is 7.20. The van der Waals surface area contributed by atoms with Gasteiger partial charge in [-0.2, -0.15) is 0 Å². The van der Waals surface area contributed by atoms with Crippen LogP contribution >= 0.6 is 0 Å². The predicted molar refractivity (Wildman–Crippen MR) is 81.2 cm³/mol. The zero-order valence-corrected chi connectivity index (χ0v) is 13.0. The Labute approximate surface area is 125 Å². The number of rotatable bonds is 6.